The maximum absolute atomic E-state index is 11.4. The van der Waals surface area contributed by atoms with Gasteiger partial charge in [0, 0.05) is 22.4 Å². The normalized spacial score (nSPS) is 10.0. The van der Waals surface area contributed by atoms with Gasteiger partial charge in [0.05, 0.1) is 26.4 Å². The molecule has 0 bridgehead atoms. The lowest BCUT2D eigenvalue weighted by atomic mass is 10.2. The van der Waals surface area contributed by atoms with Gasteiger partial charge in [-0.2, -0.15) is 0 Å². The molecule has 0 aromatic rings. The topological polar surface area (TPSA) is 112 Å². The molecule has 8 nitrogen and oxygen atoms in total. The Bertz CT molecular complexity index is 298. The van der Waals surface area contributed by atoms with Gasteiger partial charge in [-0.3, -0.25) is 14.4 Å². The number of nitrogens with one attached hydrogen (secondary N) is 2. The predicted octanol–water partition coefficient (Wildman–Crippen LogP) is 0.707. The van der Waals surface area contributed by atoms with Gasteiger partial charge in [-0.25, -0.2) is 5.90 Å². The molecule has 0 aromatic carbocycles. The Hall–Kier alpha value is -1.22. The molecule has 0 aliphatic heterocycles. The van der Waals surface area contributed by atoms with Crippen molar-refractivity contribution in [3.05, 3.63) is 0 Å². The molecule has 4 N–H and O–H groups in total. The SMILES string of the molecule is CC.CC(C)CNC(=O)CCOCCOCCNC(=O)CON.[HH].[HH]. The fourth-order valence-corrected chi connectivity index (χ4v) is 1.28. The summed E-state index contributed by atoms with van der Waals surface area (Å²) in [5, 5.41) is 5.37. The van der Waals surface area contributed by atoms with Crippen molar-refractivity contribution in [3.8, 4) is 0 Å². The predicted molar refractivity (Wildman–Crippen MR) is 92.8 cm³/mol. The molecule has 0 radical (unpaired) electrons. The molecule has 23 heavy (non-hydrogen) atoms. The summed E-state index contributed by atoms with van der Waals surface area (Å²) in [6, 6.07) is 0. The van der Waals surface area contributed by atoms with Gasteiger partial charge >= 0.3 is 0 Å². The molecule has 0 aromatic heterocycles. The van der Waals surface area contributed by atoms with Gasteiger partial charge in [-0.15, -0.1) is 0 Å². The molecular formula is C15H37N3O5. The van der Waals surface area contributed by atoms with Crippen molar-refractivity contribution in [2.24, 2.45) is 11.8 Å². The minimum atomic E-state index is -0.287. The van der Waals surface area contributed by atoms with Gasteiger partial charge in [0.25, 0.3) is 0 Å². The number of hydrogen-bond donors (Lipinski definition) is 3. The van der Waals surface area contributed by atoms with Crippen molar-refractivity contribution in [2.45, 2.75) is 34.1 Å². The van der Waals surface area contributed by atoms with Crippen LogP contribution in [-0.4, -0.2) is 57.9 Å². The largest absolute Gasteiger partial charge is 0.379 e. The molecule has 0 aliphatic rings. The first-order valence-electron chi connectivity index (χ1n) is 8.06. The fourth-order valence-electron chi connectivity index (χ4n) is 1.28. The van der Waals surface area contributed by atoms with E-state index >= 15 is 0 Å². The van der Waals surface area contributed by atoms with Crippen LogP contribution in [0.1, 0.15) is 37.0 Å². The molecule has 142 valence electrons. The van der Waals surface area contributed by atoms with Crippen molar-refractivity contribution in [3.63, 3.8) is 0 Å². The van der Waals surface area contributed by atoms with E-state index in [1.54, 1.807) is 0 Å². The molecule has 0 rings (SSSR count). The molecule has 0 spiro atoms. The Morgan fingerprint density at radius 3 is 2.17 bits per heavy atom. The maximum atomic E-state index is 11.4. The maximum Gasteiger partial charge on any atom is 0.248 e. The van der Waals surface area contributed by atoms with Crippen molar-refractivity contribution in [1.29, 1.82) is 0 Å². The lowest BCUT2D eigenvalue weighted by molar-refractivity contribution is -0.126. The summed E-state index contributed by atoms with van der Waals surface area (Å²) >= 11 is 0. The van der Waals surface area contributed by atoms with E-state index in [4.69, 9.17) is 15.4 Å². The van der Waals surface area contributed by atoms with Gasteiger partial charge < -0.3 is 20.1 Å². The first-order chi connectivity index (χ1) is 11.1. The Balaban J connectivity index is -0.000000530. The van der Waals surface area contributed by atoms with Crippen LogP contribution < -0.4 is 16.5 Å². The van der Waals surface area contributed by atoms with Gasteiger partial charge in [0.2, 0.25) is 11.8 Å². The molecule has 0 heterocycles. The first-order valence-corrected chi connectivity index (χ1v) is 8.06. The number of carbonyl (C=O) groups is 2. The van der Waals surface area contributed by atoms with E-state index in [2.05, 4.69) is 15.5 Å². The summed E-state index contributed by atoms with van der Waals surface area (Å²) in [5.41, 5.74) is 0. The summed E-state index contributed by atoms with van der Waals surface area (Å²) in [6.07, 6.45) is 0.349. The van der Waals surface area contributed by atoms with Crippen LogP contribution >= 0.6 is 0 Å². The first kappa shape index (κ1) is 24.0. The van der Waals surface area contributed by atoms with Crippen LogP contribution in [-0.2, 0) is 23.9 Å². The average Bonchev–Trinajstić information content (AvgIpc) is 2.53. The zero-order valence-electron chi connectivity index (χ0n) is 14.9. The second kappa shape index (κ2) is 18.8. The highest BCUT2D eigenvalue weighted by Crippen LogP contribution is 1.89. The number of nitrogens with two attached hydrogens (primary N) is 1. The molecule has 0 fully saturated rings. The zero-order chi connectivity index (χ0) is 17.9. The second-order valence-electron chi connectivity index (χ2n) is 4.83. The van der Waals surface area contributed by atoms with Crippen LogP contribution in [0.5, 0.6) is 0 Å². The van der Waals surface area contributed by atoms with Crippen LogP contribution in [0.3, 0.4) is 0 Å². The minimum Gasteiger partial charge on any atom is -0.379 e. The van der Waals surface area contributed by atoms with E-state index in [9.17, 15) is 9.59 Å². The quantitative estimate of drug-likeness (QED) is 0.336. The number of ether oxygens (including phenoxy) is 2. The monoisotopic (exact) mass is 339 g/mol. The minimum absolute atomic E-state index is 0. The second-order valence-corrected chi connectivity index (χ2v) is 4.83. The van der Waals surface area contributed by atoms with Crippen LogP contribution in [0.25, 0.3) is 0 Å². The van der Waals surface area contributed by atoms with Crippen molar-refractivity contribution >= 4 is 11.8 Å². The summed E-state index contributed by atoms with van der Waals surface area (Å²) in [4.78, 5) is 26.5. The Kier molecular flexibility index (Phi) is 19.7. The van der Waals surface area contributed by atoms with E-state index in [-0.39, 0.29) is 21.3 Å². The average molecular weight is 339 g/mol. The summed E-state index contributed by atoms with van der Waals surface area (Å²) in [7, 11) is 0. The van der Waals surface area contributed by atoms with Crippen molar-refractivity contribution < 1.29 is 26.8 Å². The molecule has 0 saturated carbocycles. The van der Waals surface area contributed by atoms with Gasteiger partial charge in [0.15, 0.2) is 0 Å². The molecule has 8 heteroatoms. The van der Waals surface area contributed by atoms with Crippen molar-refractivity contribution in [2.75, 3.05) is 46.1 Å². The molecule has 0 unspecified atom stereocenters. The Morgan fingerprint density at radius 2 is 1.61 bits per heavy atom. The summed E-state index contributed by atoms with van der Waals surface area (Å²) in [5.74, 6) is 4.90. The highest BCUT2D eigenvalue weighted by molar-refractivity contribution is 5.77. The van der Waals surface area contributed by atoms with E-state index in [0.717, 1.165) is 0 Å². The fraction of sp³-hybridized carbons (Fsp3) is 0.867. The highest BCUT2D eigenvalue weighted by atomic mass is 16.6. The van der Waals surface area contributed by atoms with Gasteiger partial charge in [-0.1, -0.05) is 27.7 Å². The Labute approximate surface area is 142 Å². The van der Waals surface area contributed by atoms with Crippen LogP contribution in [0.15, 0.2) is 0 Å². The third-order valence-corrected chi connectivity index (χ3v) is 2.34. The van der Waals surface area contributed by atoms with Gasteiger partial charge in [0.1, 0.15) is 6.61 Å². The Morgan fingerprint density at radius 1 is 1.00 bits per heavy atom. The number of rotatable bonds is 13. The molecule has 0 atom stereocenters. The smallest absolute Gasteiger partial charge is 0.248 e. The van der Waals surface area contributed by atoms with E-state index in [0.29, 0.717) is 51.9 Å². The molecule has 0 saturated heterocycles. The van der Waals surface area contributed by atoms with Crippen LogP contribution in [0.2, 0.25) is 0 Å². The van der Waals surface area contributed by atoms with Gasteiger partial charge in [-0.05, 0) is 5.92 Å². The van der Waals surface area contributed by atoms with Crippen LogP contribution in [0.4, 0.5) is 0 Å². The van der Waals surface area contributed by atoms with E-state index in [1.165, 1.54) is 0 Å². The van der Waals surface area contributed by atoms with Crippen molar-refractivity contribution in [1.82, 2.24) is 10.6 Å². The lowest BCUT2D eigenvalue weighted by Crippen LogP contribution is -2.31. The number of amides is 2. The molecular weight excluding hydrogens is 302 g/mol. The molecule has 0 aliphatic carbocycles. The summed E-state index contributed by atoms with van der Waals surface area (Å²) < 4.78 is 10.5. The lowest BCUT2D eigenvalue weighted by Gasteiger charge is -2.08. The molecule has 2 amide bonds. The third kappa shape index (κ3) is 20.8. The van der Waals surface area contributed by atoms with E-state index < -0.39 is 0 Å². The number of carbonyl (C=O) groups excluding carboxylic acids is 2. The number of hydrogen-bond acceptors (Lipinski definition) is 6. The summed E-state index contributed by atoms with van der Waals surface area (Å²) in [6.45, 7) is 10.6. The van der Waals surface area contributed by atoms with E-state index in [1.807, 2.05) is 27.7 Å². The van der Waals surface area contributed by atoms with Crippen LogP contribution in [0, 0.1) is 5.92 Å². The standard InChI is InChI=1S/C13H27N3O5.C2H6.2H2/c1-11(2)9-16-12(17)3-5-19-7-8-20-6-4-15-13(18)10-21-14;1-2;;/h11H,3-10,14H2,1-2H3,(H,15,18)(H,16,17);1-2H3;2*1H. The zero-order valence-corrected chi connectivity index (χ0v) is 14.9. The third-order valence-electron chi connectivity index (χ3n) is 2.34. The highest BCUT2D eigenvalue weighted by Gasteiger charge is 2.02.